The van der Waals surface area contributed by atoms with Gasteiger partial charge in [0, 0.05) is 27.4 Å². The first-order valence-electron chi connectivity index (χ1n) is 14.0. The minimum absolute atomic E-state index is 0.178. The van der Waals surface area contributed by atoms with Crippen LogP contribution in [0, 0.1) is 12.8 Å². The summed E-state index contributed by atoms with van der Waals surface area (Å²) >= 11 is 8.59. The molecule has 4 nitrogen and oxygen atoms in total. The highest BCUT2D eigenvalue weighted by atomic mass is 35.5. The zero-order chi connectivity index (χ0) is 27.6. The fourth-order valence-corrected chi connectivity index (χ4v) is 6.88. The molecule has 1 aliphatic rings. The molecule has 3 aromatic carbocycles. The van der Waals surface area contributed by atoms with Gasteiger partial charge in [-0.2, -0.15) is 0 Å². The smallest absolute Gasteiger partial charge is 0.163 e. The predicted octanol–water partition coefficient (Wildman–Crippen LogP) is 8.41. The summed E-state index contributed by atoms with van der Waals surface area (Å²) in [5.41, 5.74) is 6.95. The molecule has 6 rings (SSSR count). The molecular weight excluding hydrogens is 532 g/mol. The van der Waals surface area contributed by atoms with E-state index in [1.54, 1.807) is 0 Å². The first-order chi connectivity index (χ1) is 19.5. The third-order valence-electron chi connectivity index (χ3n) is 7.38. The summed E-state index contributed by atoms with van der Waals surface area (Å²) in [5, 5.41) is 11.0. The second kappa shape index (κ2) is 11.5. The van der Waals surface area contributed by atoms with E-state index in [9.17, 15) is 0 Å². The van der Waals surface area contributed by atoms with Crippen molar-refractivity contribution in [2.75, 3.05) is 0 Å². The van der Waals surface area contributed by atoms with Crippen LogP contribution in [0.4, 0.5) is 0 Å². The molecule has 0 saturated carbocycles. The topological polar surface area (TPSA) is 43.1 Å². The normalized spacial score (nSPS) is 14.5. The first kappa shape index (κ1) is 26.7. The van der Waals surface area contributed by atoms with Gasteiger partial charge in [-0.25, -0.2) is 0 Å². The quantitative estimate of drug-likeness (QED) is 0.190. The van der Waals surface area contributed by atoms with Gasteiger partial charge < -0.3 is 0 Å². The van der Waals surface area contributed by atoms with Crippen molar-refractivity contribution in [3.05, 3.63) is 134 Å². The standard InChI is InChI=1S/C34H33ClN4S/c1-22(2)19-26-15-13-24(14-16-26)17-18-27-21-29-32(28-11-7-8-12-30(28)35)36-31(20-25-9-5-4-6-10-25)33-38-37-23(3)39(33)34(29)40-27/h4-16,21-22,31H,17-20H2,1-3H3. The maximum Gasteiger partial charge on any atom is 0.163 e. The molecule has 0 fully saturated rings. The number of hydrogen-bond donors (Lipinski definition) is 0. The van der Waals surface area contributed by atoms with E-state index < -0.39 is 0 Å². The van der Waals surface area contributed by atoms with Crippen molar-refractivity contribution in [3.63, 3.8) is 0 Å². The molecule has 0 spiro atoms. The molecule has 0 N–H and O–H groups in total. The van der Waals surface area contributed by atoms with Gasteiger partial charge in [0.1, 0.15) is 16.9 Å². The number of benzene rings is 3. The second-order valence-corrected chi connectivity index (χ2v) is 12.5. The Morgan fingerprint density at radius 1 is 0.825 bits per heavy atom. The fraction of sp³-hybridized carbons (Fsp3) is 0.265. The average Bonchev–Trinajstić information content (AvgIpc) is 3.51. The van der Waals surface area contributed by atoms with Crippen molar-refractivity contribution < 1.29 is 0 Å². The molecular formula is C34H33ClN4S. The molecule has 40 heavy (non-hydrogen) atoms. The number of fused-ring (bicyclic) bond motifs is 3. The molecule has 6 heteroatoms. The Kier molecular flexibility index (Phi) is 7.68. The minimum Gasteiger partial charge on any atom is -0.272 e. The van der Waals surface area contributed by atoms with E-state index in [0.29, 0.717) is 10.9 Å². The number of aryl methyl sites for hydroxylation is 3. The molecule has 3 heterocycles. The highest BCUT2D eigenvalue weighted by molar-refractivity contribution is 7.15. The van der Waals surface area contributed by atoms with Gasteiger partial charge in [-0.05, 0) is 60.9 Å². The number of rotatable bonds is 8. The SMILES string of the molecule is Cc1nnc2n1-c1sc(CCc3ccc(CC(C)C)cc3)cc1C(c1ccccc1Cl)=NC2Cc1ccccc1. The van der Waals surface area contributed by atoms with Crippen LogP contribution >= 0.6 is 22.9 Å². The summed E-state index contributed by atoms with van der Waals surface area (Å²) in [7, 11) is 0. The largest absolute Gasteiger partial charge is 0.272 e. The Balaban J connectivity index is 1.39. The summed E-state index contributed by atoms with van der Waals surface area (Å²) in [6.45, 7) is 6.56. The van der Waals surface area contributed by atoms with E-state index in [4.69, 9.17) is 16.6 Å². The lowest BCUT2D eigenvalue weighted by Gasteiger charge is -2.13. The average molecular weight is 565 g/mol. The molecule has 5 aromatic rings. The Bertz CT molecular complexity index is 1650. The van der Waals surface area contributed by atoms with Crippen molar-refractivity contribution in [1.29, 1.82) is 0 Å². The third kappa shape index (κ3) is 5.54. The van der Waals surface area contributed by atoms with Crippen LogP contribution in [0.3, 0.4) is 0 Å². The van der Waals surface area contributed by atoms with Crippen LogP contribution in [0.25, 0.3) is 5.00 Å². The number of aromatic nitrogens is 3. The number of thiophene rings is 1. The van der Waals surface area contributed by atoms with Crippen molar-refractivity contribution in [3.8, 4) is 5.00 Å². The van der Waals surface area contributed by atoms with Crippen LogP contribution < -0.4 is 0 Å². The molecule has 1 atom stereocenters. The lowest BCUT2D eigenvalue weighted by atomic mass is 10.00. The molecule has 0 bridgehead atoms. The van der Waals surface area contributed by atoms with Gasteiger partial charge >= 0.3 is 0 Å². The fourth-order valence-electron chi connectivity index (χ4n) is 5.44. The van der Waals surface area contributed by atoms with E-state index in [1.165, 1.54) is 21.6 Å². The molecule has 0 radical (unpaired) electrons. The lowest BCUT2D eigenvalue weighted by molar-refractivity contribution is 0.647. The Hall–Kier alpha value is -3.54. The zero-order valence-corrected chi connectivity index (χ0v) is 24.7. The van der Waals surface area contributed by atoms with E-state index in [2.05, 4.69) is 89.3 Å². The third-order valence-corrected chi connectivity index (χ3v) is 8.89. The Morgan fingerprint density at radius 3 is 2.30 bits per heavy atom. The van der Waals surface area contributed by atoms with Gasteiger partial charge in [-0.15, -0.1) is 21.5 Å². The molecule has 2 aromatic heterocycles. The maximum absolute atomic E-state index is 6.78. The van der Waals surface area contributed by atoms with E-state index in [0.717, 1.165) is 59.2 Å². The summed E-state index contributed by atoms with van der Waals surface area (Å²) < 4.78 is 2.21. The molecule has 1 unspecified atom stereocenters. The Labute approximate surface area is 245 Å². The number of hydrogen-bond acceptors (Lipinski definition) is 4. The molecule has 0 saturated heterocycles. The zero-order valence-electron chi connectivity index (χ0n) is 23.1. The van der Waals surface area contributed by atoms with E-state index in [-0.39, 0.29) is 6.04 Å². The second-order valence-electron chi connectivity index (χ2n) is 10.9. The maximum atomic E-state index is 6.78. The van der Waals surface area contributed by atoms with Gasteiger partial charge in [0.05, 0.1) is 5.71 Å². The molecule has 0 aliphatic carbocycles. The number of halogens is 1. The van der Waals surface area contributed by atoms with Gasteiger partial charge in [0.25, 0.3) is 0 Å². The van der Waals surface area contributed by atoms with Crippen LogP contribution in [-0.2, 0) is 25.7 Å². The van der Waals surface area contributed by atoms with Crippen molar-refractivity contribution in [1.82, 2.24) is 14.8 Å². The van der Waals surface area contributed by atoms with Crippen LogP contribution in [0.5, 0.6) is 0 Å². The summed E-state index contributed by atoms with van der Waals surface area (Å²) in [6.07, 6.45) is 3.81. The van der Waals surface area contributed by atoms with Crippen LogP contribution in [0.15, 0.2) is 89.9 Å². The van der Waals surface area contributed by atoms with Gasteiger partial charge in [-0.1, -0.05) is 98.2 Å². The van der Waals surface area contributed by atoms with Crippen molar-refractivity contribution in [2.45, 2.75) is 52.5 Å². The van der Waals surface area contributed by atoms with E-state index >= 15 is 0 Å². The van der Waals surface area contributed by atoms with Crippen molar-refractivity contribution >= 4 is 28.6 Å². The monoisotopic (exact) mass is 564 g/mol. The highest BCUT2D eigenvalue weighted by Gasteiger charge is 2.30. The van der Waals surface area contributed by atoms with Crippen LogP contribution in [0.1, 0.15) is 64.2 Å². The molecule has 1 aliphatic heterocycles. The highest BCUT2D eigenvalue weighted by Crippen LogP contribution is 2.38. The summed E-state index contributed by atoms with van der Waals surface area (Å²) in [6, 6.07) is 29.7. The minimum atomic E-state index is -0.178. The van der Waals surface area contributed by atoms with Crippen LogP contribution in [-0.4, -0.2) is 20.5 Å². The predicted molar refractivity (Wildman–Crippen MR) is 166 cm³/mol. The number of aliphatic imine (C=N–C) groups is 1. The number of nitrogens with zero attached hydrogens (tertiary/aromatic N) is 4. The molecule has 202 valence electrons. The van der Waals surface area contributed by atoms with E-state index in [1.807, 2.05) is 42.5 Å². The van der Waals surface area contributed by atoms with Gasteiger partial charge in [-0.3, -0.25) is 9.56 Å². The lowest BCUT2D eigenvalue weighted by Crippen LogP contribution is -2.09. The van der Waals surface area contributed by atoms with Gasteiger partial charge in [0.15, 0.2) is 5.82 Å². The molecule has 0 amide bonds. The van der Waals surface area contributed by atoms with Crippen LogP contribution in [0.2, 0.25) is 5.02 Å². The Morgan fingerprint density at radius 2 is 1.55 bits per heavy atom. The summed E-state index contributed by atoms with van der Waals surface area (Å²) in [4.78, 5) is 6.69. The van der Waals surface area contributed by atoms with Crippen molar-refractivity contribution in [2.24, 2.45) is 10.9 Å². The first-order valence-corrected chi connectivity index (χ1v) is 15.2. The van der Waals surface area contributed by atoms with Gasteiger partial charge in [0.2, 0.25) is 0 Å². The summed E-state index contributed by atoms with van der Waals surface area (Å²) in [5.74, 6) is 2.41.